The van der Waals surface area contributed by atoms with Gasteiger partial charge in [-0.05, 0) is 30.7 Å². The van der Waals surface area contributed by atoms with Gasteiger partial charge in [-0.2, -0.15) is 0 Å². The van der Waals surface area contributed by atoms with Crippen LogP contribution in [0.3, 0.4) is 0 Å². The smallest absolute Gasteiger partial charge is 0.205 e. The van der Waals surface area contributed by atoms with Gasteiger partial charge in [0.1, 0.15) is 7.05 Å². The lowest BCUT2D eigenvalue weighted by Crippen LogP contribution is -3.00. The monoisotopic (exact) mass is 340 g/mol. The lowest BCUT2D eigenvalue weighted by molar-refractivity contribution is -0.673. The third-order valence-electron chi connectivity index (χ3n) is 2.70. The Morgan fingerprint density at radius 3 is 2.65 bits per heavy atom. The molecule has 0 saturated heterocycles. The molecule has 17 heavy (non-hydrogen) atoms. The van der Waals surface area contributed by atoms with E-state index in [1.807, 2.05) is 12.3 Å². The fraction of sp³-hybridized carbons (Fsp3) is 0.214. The first kappa shape index (κ1) is 14.0. The van der Waals surface area contributed by atoms with Crippen molar-refractivity contribution < 1.29 is 28.5 Å². The van der Waals surface area contributed by atoms with Crippen LogP contribution in [0.15, 0.2) is 36.7 Å². The molecule has 0 bridgehead atoms. The molecule has 0 fully saturated rings. The molecule has 0 unspecified atom stereocenters. The lowest BCUT2D eigenvalue weighted by atomic mass is 10.2. The molecular formula is C14H17IN2. The second-order valence-corrected chi connectivity index (χ2v) is 3.89. The van der Waals surface area contributed by atoms with Gasteiger partial charge in [0.15, 0.2) is 6.20 Å². The van der Waals surface area contributed by atoms with Crippen LogP contribution in [0.2, 0.25) is 0 Å². The molecule has 2 rings (SSSR count). The third-order valence-corrected chi connectivity index (χ3v) is 2.70. The van der Waals surface area contributed by atoms with Crippen molar-refractivity contribution in [2.75, 3.05) is 0 Å². The predicted molar refractivity (Wildman–Crippen MR) is 66.7 cm³/mol. The van der Waals surface area contributed by atoms with Crippen LogP contribution in [-0.4, -0.2) is 4.98 Å². The third kappa shape index (κ3) is 3.70. The summed E-state index contributed by atoms with van der Waals surface area (Å²) in [6, 6.07) is 8.38. The van der Waals surface area contributed by atoms with Crippen LogP contribution < -0.4 is 28.5 Å². The van der Waals surface area contributed by atoms with Crippen molar-refractivity contribution in [3.05, 3.63) is 53.6 Å². The van der Waals surface area contributed by atoms with Crippen molar-refractivity contribution >= 4 is 12.2 Å². The molecule has 3 heteroatoms. The first-order valence-corrected chi connectivity index (χ1v) is 5.59. The topological polar surface area (TPSA) is 19.7 Å². The molecule has 0 spiro atoms. The molecule has 90 valence electrons. The van der Waals surface area contributed by atoms with Crippen LogP contribution in [0.1, 0.15) is 23.9 Å². The van der Waals surface area contributed by atoms with Crippen molar-refractivity contribution in [3.8, 4) is 0 Å². The molecule has 2 nitrogen and oxygen atoms in total. The summed E-state index contributed by atoms with van der Waals surface area (Å²) < 4.78 is 2.15. The number of aromatic amines is 1. The number of rotatable bonds is 3. The summed E-state index contributed by atoms with van der Waals surface area (Å²) >= 11 is 0. The van der Waals surface area contributed by atoms with Crippen molar-refractivity contribution in [3.63, 3.8) is 0 Å². The van der Waals surface area contributed by atoms with Gasteiger partial charge in [0.2, 0.25) is 5.69 Å². The first-order chi connectivity index (χ1) is 7.79. The average Bonchev–Trinajstić information content (AvgIpc) is 2.80. The number of halogens is 1. The van der Waals surface area contributed by atoms with Crippen LogP contribution in [-0.2, 0) is 13.5 Å². The zero-order valence-corrected chi connectivity index (χ0v) is 12.3. The van der Waals surface area contributed by atoms with Gasteiger partial charge in [-0.15, -0.1) is 0 Å². The van der Waals surface area contributed by atoms with Crippen molar-refractivity contribution in [2.24, 2.45) is 7.05 Å². The van der Waals surface area contributed by atoms with E-state index in [1.54, 1.807) is 0 Å². The summed E-state index contributed by atoms with van der Waals surface area (Å²) in [4.78, 5) is 3.15. The SMILES string of the molecule is CCc1ccc(/C=C/c2ccc[nH]2)[n+](C)c1.[I-]. The average molecular weight is 340 g/mol. The number of hydrogen-bond donors (Lipinski definition) is 1. The Labute approximate surface area is 119 Å². The molecule has 0 radical (unpaired) electrons. The lowest BCUT2D eigenvalue weighted by Gasteiger charge is -1.97. The zero-order chi connectivity index (χ0) is 11.4. The van der Waals surface area contributed by atoms with Crippen molar-refractivity contribution in [1.82, 2.24) is 4.98 Å². The molecule has 0 atom stereocenters. The van der Waals surface area contributed by atoms with Gasteiger partial charge in [0.25, 0.3) is 0 Å². The highest BCUT2D eigenvalue weighted by Crippen LogP contribution is 2.04. The summed E-state index contributed by atoms with van der Waals surface area (Å²) in [7, 11) is 2.08. The number of aromatic nitrogens is 2. The Hall–Kier alpha value is -1.10. The molecule has 0 aliphatic heterocycles. The number of nitrogens with one attached hydrogen (secondary N) is 1. The highest BCUT2D eigenvalue weighted by atomic mass is 127. The maximum atomic E-state index is 3.15. The Morgan fingerprint density at radius 2 is 2.06 bits per heavy atom. The van der Waals surface area contributed by atoms with Gasteiger partial charge >= 0.3 is 0 Å². The number of aryl methyl sites for hydroxylation is 2. The molecule has 2 heterocycles. The second kappa shape index (κ2) is 6.59. The normalized spacial score (nSPS) is 10.5. The number of pyridine rings is 1. The van der Waals surface area contributed by atoms with E-state index >= 15 is 0 Å². The van der Waals surface area contributed by atoms with E-state index < -0.39 is 0 Å². The minimum absolute atomic E-state index is 0. The maximum absolute atomic E-state index is 3.15. The molecular weight excluding hydrogens is 323 g/mol. The van der Waals surface area contributed by atoms with Crippen molar-refractivity contribution in [1.29, 1.82) is 0 Å². The Bertz CT molecular complexity index is 487. The van der Waals surface area contributed by atoms with Crippen molar-refractivity contribution in [2.45, 2.75) is 13.3 Å². The van der Waals surface area contributed by atoms with Gasteiger partial charge in [-0.25, -0.2) is 4.57 Å². The molecule has 0 aliphatic carbocycles. The minimum Gasteiger partial charge on any atom is -1.00 e. The predicted octanol–water partition coefficient (Wildman–Crippen LogP) is -0.424. The standard InChI is InChI=1S/C14H16N2.HI/c1-3-12-6-8-14(16(2)11-12)9-7-13-5-4-10-15-13;/h4-11H,3H2,1-2H3;1H. The van der Waals surface area contributed by atoms with E-state index in [0.29, 0.717) is 0 Å². The van der Waals surface area contributed by atoms with Crippen LogP contribution in [0.25, 0.3) is 12.2 Å². The Balaban J connectivity index is 0.00000144. The number of H-pyrrole nitrogens is 1. The molecule has 1 N–H and O–H groups in total. The van der Waals surface area contributed by atoms with Gasteiger partial charge in [-0.1, -0.05) is 6.92 Å². The van der Waals surface area contributed by atoms with E-state index in [2.05, 4.69) is 60.1 Å². The van der Waals surface area contributed by atoms with Gasteiger partial charge in [-0.3, -0.25) is 0 Å². The van der Waals surface area contributed by atoms with Crippen LogP contribution >= 0.6 is 0 Å². The molecule has 0 amide bonds. The number of hydrogen-bond acceptors (Lipinski definition) is 0. The molecule has 0 aromatic carbocycles. The summed E-state index contributed by atoms with van der Waals surface area (Å²) in [5.41, 5.74) is 3.69. The fourth-order valence-electron chi connectivity index (χ4n) is 1.68. The van der Waals surface area contributed by atoms with E-state index in [4.69, 9.17) is 0 Å². The highest BCUT2D eigenvalue weighted by molar-refractivity contribution is 5.64. The van der Waals surface area contributed by atoms with Crippen LogP contribution in [0.4, 0.5) is 0 Å². The van der Waals surface area contributed by atoms with Crippen LogP contribution in [0, 0.1) is 0 Å². The minimum atomic E-state index is 0. The molecule has 2 aromatic heterocycles. The second-order valence-electron chi connectivity index (χ2n) is 3.89. The quantitative estimate of drug-likeness (QED) is 0.578. The zero-order valence-electron chi connectivity index (χ0n) is 10.2. The van der Waals surface area contributed by atoms with Crippen LogP contribution in [0.5, 0.6) is 0 Å². The van der Waals surface area contributed by atoms with E-state index in [0.717, 1.165) is 12.1 Å². The summed E-state index contributed by atoms with van der Waals surface area (Å²) in [6.07, 6.45) is 9.38. The van der Waals surface area contributed by atoms with Gasteiger partial charge in [0, 0.05) is 29.6 Å². The Morgan fingerprint density at radius 1 is 1.24 bits per heavy atom. The van der Waals surface area contributed by atoms with E-state index in [9.17, 15) is 0 Å². The summed E-state index contributed by atoms with van der Waals surface area (Å²) in [5.74, 6) is 0. The van der Waals surface area contributed by atoms with Gasteiger partial charge in [0.05, 0.1) is 0 Å². The summed E-state index contributed by atoms with van der Waals surface area (Å²) in [6.45, 7) is 2.17. The summed E-state index contributed by atoms with van der Waals surface area (Å²) in [5, 5.41) is 0. The molecule has 2 aromatic rings. The van der Waals surface area contributed by atoms with E-state index in [1.165, 1.54) is 11.3 Å². The first-order valence-electron chi connectivity index (χ1n) is 5.59. The van der Waals surface area contributed by atoms with E-state index in [-0.39, 0.29) is 24.0 Å². The maximum Gasteiger partial charge on any atom is 0.205 e. The fourth-order valence-corrected chi connectivity index (χ4v) is 1.68. The van der Waals surface area contributed by atoms with Gasteiger partial charge < -0.3 is 29.0 Å². The largest absolute Gasteiger partial charge is 1.00 e. The molecule has 0 saturated carbocycles. The molecule has 0 aliphatic rings. The number of nitrogens with zero attached hydrogens (tertiary/aromatic N) is 1. The highest BCUT2D eigenvalue weighted by Gasteiger charge is 2.02. The Kier molecular flexibility index (Phi) is 5.41.